The number of benzene rings is 7. The van der Waals surface area contributed by atoms with Crippen molar-refractivity contribution in [3.63, 3.8) is 0 Å². The molecular weight excluding hydrogens is 468 g/mol. The van der Waals surface area contributed by atoms with Gasteiger partial charge in [0.25, 0.3) is 0 Å². The maximum Gasteiger partial charge on any atom is 0.135 e. The quantitative estimate of drug-likeness (QED) is 0.179. The second-order valence-corrected chi connectivity index (χ2v) is 9.34. The zero-order chi connectivity index (χ0) is 25.5. The van der Waals surface area contributed by atoms with E-state index in [1.165, 1.54) is 10.8 Å². The Morgan fingerprint density at radius 3 is 1.47 bits per heavy atom. The highest BCUT2D eigenvalue weighted by atomic mass is 16.5. The first-order valence-electron chi connectivity index (χ1n) is 12.6. The number of hydrogen-bond acceptors (Lipinski definition) is 4. The van der Waals surface area contributed by atoms with Crippen LogP contribution in [0.25, 0.3) is 32.3 Å². The van der Waals surface area contributed by atoms with Crippen molar-refractivity contribution in [2.75, 3.05) is 11.1 Å². The summed E-state index contributed by atoms with van der Waals surface area (Å²) in [5, 5.41) is 10.2. The highest BCUT2D eigenvalue weighted by Gasteiger charge is 2.15. The summed E-state index contributed by atoms with van der Waals surface area (Å²) < 4.78 is 12.7. The molecule has 0 aliphatic rings. The molecule has 0 aliphatic carbocycles. The van der Waals surface area contributed by atoms with Crippen LogP contribution in [0.4, 0.5) is 17.1 Å². The van der Waals surface area contributed by atoms with Gasteiger partial charge in [-0.15, -0.1) is 0 Å². The fourth-order valence-corrected chi connectivity index (χ4v) is 5.01. The molecule has 7 rings (SSSR count). The first kappa shape index (κ1) is 22.0. The molecule has 0 saturated carbocycles. The number of nitrogen functional groups attached to an aromatic ring is 1. The van der Waals surface area contributed by atoms with Crippen molar-refractivity contribution in [3.8, 4) is 23.0 Å². The molecule has 7 aromatic rings. The average Bonchev–Trinajstić information content (AvgIpc) is 2.96. The summed E-state index contributed by atoms with van der Waals surface area (Å²) in [5.74, 6) is 3.17. The lowest BCUT2D eigenvalue weighted by Gasteiger charge is -2.17. The van der Waals surface area contributed by atoms with Gasteiger partial charge in [0, 0.05) is 38.6 Å². The maximum atomic E-state index is 6.41. The van der Waals surface area contributed by atoms with Crippen molar-refractivity contribution in [1.82, 2.24) is 0 Å². The van der Waals surface area contributed by atoms with Crippen LogP contribution in [-0.4, -0.2) is 0 Å². The highest BCUT2D eigenvalue weighted by molar-refractivity contribution is 6.25. The Kier molecular flexibility index (Phi) is 5.22. The molecule has 0 amide bonds. The molecular formula is C34H24N2O2. The minimum atomic E-state index is 0.711. The van der Waals surface area contributed by atoms with E-state index < -0.39 is 0 Å². The van der Waals surface area contributed by atoms with Crippen LogP contribution in [0.1, 0.15) is 0 Å². The van der Waals surface area contributed by atoms with Gasteiger partial charge in [0.1, 0.15) is 23.0 Å². The van der Waals surface area contributed by atoms with Crippen LogP contribution in [0.15, 0.2) is 127 Å². The van der Waals surface area contributed by atoms with Crippen molar-refractivity contribution in [2.24, 2.45) is 0 Å². The van der Waals surface area contributed by atoms with Crippen molar-refractivity contribution >= 4 is 49.4 Å². The van der Waals surface area contributed by atoms with Gasteiger partial charge < -0.3 is 20.5 Å². The van der Waals surface area contributed by atoms with Crippen LogP contribution in [-0.2, 0) is 0 Å². The molecule has 0 aliphatic heterocycles. The van der Waals surface area contributed by atoms with Gasteiger partial charge in [0.15, 0.2) is 0 Å². The third-order valence-corrected chi connectivity index (χ3v) is 6.84. The third kappa shape index (κ3) is 3.98. The van der Waals surface area contributed by atoms with E-state index in [2.05, 4.69) is 41.7 Å². The molecule has 0 spiro atoms. The van der Waals surface area contributed by atoms with Gasteiger partial charge in [-0.2, -0.15) is 0 Å². The molecule has 0 atom stereocenters. The first-order chi connectivity index (χ1) is 18.7. The second-order valence-electron chi connectivity index (χ2n) is 9.34. The minimum absolute atomic E-state index is 0.711. The number of ether oxygens (including phenoxy) is 2. The maximum absolute atomic E-state index is 6.41. The smallest absolute Gasteiger partial charge is 0.135 e. The van der Waals surface area contributed by atoms with Gasteiger partial charge in [-0.1, -0.05) is 42.5 Å². The molecule has 0 fully saturated rings. The molecule has 182 valence electrons. The lowest BCUT2D eigenvalue weighted by atomic mass is 9.93. The van der Waals surface area contributed by atoms with Crippen LogP contribution >= 0.6 is 0 Å². The van der Waals surface area contributed by atoms with Gasteiger partial charge in [-0.05, 0) is 95.7 Å². The van der Waals surface area contributed by atoms with Crippen LogP contribution in [0.3, 0.4) is 0 Å². The number of rotatable bonds is 6. The van der Waals surface area contributed by atoms with Crippen LogP contribution in [0.2, 0.25) is 0 Å². The molecule has 0 unspecified atom stereocenters. The van der Waals surface area contributed by atoms with Crippen LogP contribution in [0, 0.1) is 0 Å². The van der Waals surface area contributed by atoms with E-state index in [-0.39, 0.29) is 0 Å². The van der Waals surface area contributed by atoms with Crippen LogP contribution in [0.5, 0.6) is 23.0 Å². The Hall–Kier alpha value is -5.22. The number of nitrogens with two attached hydrogens (primary N) is 1. The monoisotopic (exact) mass is 492 g/mol. The van der Waals surface area contributed by atoms with Gasteiger partial charge in [-0.25, -0.2) is 0 Å². The SMILES string of the molecule is Nc1ccc(Oc2ccc3ccc4ccc(Oc5ccc(Nc6ccccc6)cc5)c5ccc2c3c45)cc1. The van der Waals surface area contributed by atoms with Crippen molar-refractivity contribution in [2.45, 2.75) is 0 Å². The molecule has 3 N–H and O–H groups in total. The van der Waals surface area contributed by atoms with E-state index in [9.17, 15) is 0 Å². The van der Waals surface area contributed by atoms with Crippen LogP contribution < -0.4 is 20.5 Å². The summed E-state index contributed by atoms with van der Waals surface area (Å²) in [6, 6.07) is 42.5. The van der Waals surface area contributed by atoms with E-state index in [1.807, 2.05) is 91.0 Å². The van der Waals surface area contributed by atoms with Gasteiger partial charge >= 0.3 is 0 Å². The number of hydrogen-bond donors (Lipinski definition) is 2. The fraction of sp³-hybridized carbons (Fsp3) is 0. The normalized spacial score (nSPS) is 11.3. The predicted octanol–water partition coefficient (Wildman–Crippen LogP) is 9.49. The number of nitrogens with one attached hydrogen (secondary N) is 1. The molecule has 0 aromatic heterocycles. The molecule has 7 aromatic carbocycles. The minimum Gasteiger partial charge on any atom is -0.457 e. The topological polar surface area (TPSA) is 56.5 Å². The third-order valence-electron chi connectivity index (χ3n) is 6.84. The standard InChI is InChI=1S/C34H24N2O2/c35-24-10-14-27(15-11-24)37-31-20-8-22-6-7-23-9-21-32(30-19-18-29(31)33(22)34(23)30)38-28-16-12-26(13-17-28)36-25-4-2-1-3-5-25/h1-21,36H,35H2. The first-order valence-corrected chi connectivity index (χ1v) is 12.6. The molecule has 4 heteroatoms. The molecule has 4 nitrogen and oxygen atoms in total. The molecule has 0 bridgehead atoms. The van der Waals surface area contributed by atoms with E-state index in [0.717, 1.165) is 55.9 Å². The average molecular weight is 493 g/mol. The molecule has 0 saturated heterocycles. The zero-order valence-electron chi connectivity index (χ0n) is 20.5. The Bertz CT molecular complexity index is 1880. The molecule has 0 radical (unpaired) electrons. The van der Waals surface area contributed by atoms with Crippen molar-refractivity contribution in [1.29, 1.82) is 0 Å². The van der Waals surface area contributed by atoms with Crippen molar-refractivity contribution in [3.05, 3.63) is 127 Å². The zero-order valence-corrected chi connectivity index (χ0v) is 20.5. The summed E-state index contributed by atoms with van der Waals surface area (Å²) >= 11 is 0. The summed E-state index contributed by atoms with van der Waals surface area (Å²) in [6.07, 6.45) is 0. The van der Waals surface area contributed by atoms with E-state index in [0.29, 0.717) is 5.69 Å². The van der Waals surface area contributed by atoms with E-state index in [1.54, 1.807) is 0 Å². The van der Waals surface area contributed by atoms with Gasteiger partial charge in [0.2, 0.25) is 0 Å². The molecule has 0 heterocycles. The van der Waals surface area contributed by atoms with E-state index in [4.69, 9.17) is 15.2 Å². The lowest BCUT2D eigenvalue weighted by molar-refractivity contribution is 0.487. The predicted molar refractivity (Wildman–Crippen MR) is 157 cm³/mol. The number of anilines is 3. The van der Waals surface area contributed by atoms with E-state index >= 15 is 0 Å². The Labute approximate surface area is 220 Å². The largest absolute Gasteiger partial charge is 0.457 e. The van der Waals surface area contributed by atoms with Gasteiger partial charge in [0.05, 0.1) is 0 Å². The Morgan fingerprint density at radius 2 is 0.921 bits per heavy atom. The molecule has 38 heavy (non-hydrogen) atoms. The fourth-order valence-electron chi connectivity index (χ4n) is 5.01. The second kappa shape index (κ2) is 9.02. The summed E-state index contributed by atoms with van der Waals surface area (Å²) in [4.78, 5) is 0. The summed E-state index contributed by atoms with van der Waals surface area (Å²) in [6.45, 7) is 0. The lowest BCUT2D eigenvalue weighted by Crippen LogP contribution is -1.92. The Balaban J connectivity index is 1.25. The van der Waals surface area contributed by atoms with Crippen molar-refractivity contribution < 1.29 is 9.47 Å². The summed E-state index contributed by atoms with van der Waals surface area (Å²) in [5.41, 5.74) is 8.61. The highest BCUT2D eigenvalue weighted by Crippen LogP contribution is 2.43. The Morgan fingerprint density at radius 1 is 0.447 bits per heavy atom. The number of para-hydroxylation sites is 1. The van der Waals surface area contributed by atoms with Gasteiger partial charge in [-0.3, -0.25) is 0 Å². The summed E-state index contributed by atoms with van der Waals surface area (Å²) in [7, 11) is 0.